The lowest BCUT2D eigenvalue weighted by Crippen LogP contribution is -2.29. The van der Waals surface area contributed by atoms with Gasteiger partial charge in [0.05, 0.1) is 11.6 Å². The Bertz CT molecular complexity index is 1080. The summed E-state index contributed by atoms with van der Waals surface area (Å²) >= 11 is 5.93. The SMILES string of the molecule is O=C1C(=O)N(Cc2cccnc2)[C@@H](c2ccncc2)C1=C(O)c1ccc(Cl)cc1. The number of hydrogen-bond donors (Lipinski definition) is 1. The van der Waals surface area contributed by atoms with Gasteiger partial charge < -0.3 is 10.0 Å². The minimum atomic E-state index is -0.742. The highest BCUT2D eigenvalue weighted by Gasteiger charge is 2.46. The molecule has 0 radical (unpaired) electrons. The minimum absolute atomic E-state index is 0.0346. The number of halogens is 1. The van der Waals surface area contributed by atoms with Gasteiger partial charge in [0.25, 0.3) is 11.7 Å². The Morgan fingerprint density at radius 3 is 2.38 bits per heavy atom. The maximum atomic E-state index is 12.9. The molecular weight excluding hydrogens is 390 g/mol. The lowest BCUT2D eigenvalue weighted by Gasteiger charge is -2.25. The van der Waals surface area contributed by atoms with Gasteiger partial charge in [-0.2, -0.15) is 0 Å². The van der Waals surface area contributed by atoms with E-state index in [1.807, 2.05) is 6.07 Å². The van der Waals surface area contributed by atoms with Crippen LogP contribution in [0.5, 0.6) is 0 Å². The fraction of sp³-hybridized carbons (Fsp3) is 0.0909. The van der Waals surface area contributed by atoms with E-state index in [2.05, 4.69) is 9.97 Å². The third-order valence-electron chi connectivity index (χ3n) is 4.76. The van der Waals surface area contributed by atoms with Crippen LogP contribution in [0.2, 0.25) is 5.02 Å². The summed E-state index contributed by atoms with van der Waals surface area (Å²) in [5.74, 6) is -1.65. The average molecular weight is 406 g/mol. The number of aliphatic hydroxyl groups is 1. The van der Waals surface area contributed by atoms with Crippen LogP contribution in [0.3, 0.4) is 0 Å². The number of ketones is 1. The summed E-state index contributed by atoms with van der Waals surface area (Å²) in [6.45, 7) is 0.183. The topological polar surface area (TPSA) is 83.4 Å². The van der Waals surface area contributed by atoms with Crippen LogP contribution in [-0.4, -0.2) is 31.7 Å². The van der Waals surface area contributed by atoms with Gasteiger partial charge in [0, 0.05) is 41.9 Å². The Hall–Kier alpha value is -3.51. The Balaban J connectivity index is 1.85. The van der Waals surface area contributed by atoms with E-state index in [4.69, 9.17) is 11.6 Å². The molecule has 7 heteroatoms. The van der Waals surface area contributed by atoms with Gasteiger partial charge in [-0.15, -0.1) is 0 Å². The molecule has 1 aliphatic heterocycles. The first-order valence-electron chi connectivity index (χ1n) is 8.89. The highest BCUT2D eigenvalue weighted by atomic mass is 35.5. The smallest absolute Gasteiger partial charge is 0.295 e. The molecule has 1 saturated heterocycles. The average Bonchev–Trinajstić information content (AvgIpc) is 3.00. The third-order valence-corrected chi connectivity index (χ3v) is 5.01. The highest BCUT2D eigenvalue weighted by Crippen LogP contribution is 2.40. The molecule has 0 aliphatic carbocycles. The Kier molecular flexibility index (Phi) is 5.10. The van der Waals surface area contributed by atoms with Crippen LogP contribution in [0.25, 0.3) is 5.76 Å². The summed E-state index contributed by atoms with van der Waals surface area (Å²) in [4.78, 5) is 35.3. The van der Waals surface area contributed by atoms with Crippen LogP contribution in [-0.2, 0) is 16.1 Å². The number of likely N-dealkylation sites (tertiary alicyclic amines) is 1. The molecule has 1 aliphatic rings. The van der Waals surface area contributed by atoms with E-state index in [-0.39, 0.29) is 17.9 Å². The molecule has 29 heavy (non-hydrogen) atoms. The Morgan fingerprint density at radius 1 is 1.00 bits per heavy atom. The summed E-state index contributed by atoms with van der Waals surface area (Å²) < 4.78 is 0. The van der Waals surface area contributed by atoms with Gasteiger partial charge in [-0.05, 0) is 53.6 Å². The first-order chi connectivity index (χ1) is 14.1. The van der Waals surface area contributed by atoms with E-state index in [0.29, 0.717) is 16.1 Å². The van der Waals surface area contributed by atoms with Gasteiger partial charge in [-0.3, -0.25) is 19.6 Å². The molecule has 1 amide bonds. The van der Waals surface area contributed by atoms with Crippen molar-refractivity contribution < 1.29 is 14.7 Å². The van der Waals surface area contributed by atoms with Crippen molar-refractivity contribution in [3.8, 4) is 0 Å². The number of benzene rings is 1. The predicted octanol–water partition coefficient (Wildman–Crippen LogP) is 3.75. The number of hydrogen-bond acceptors (Lipinski definition) is 5. The van der Waals surface area contributed by atoms with Crippen molar-refractivity contribution in [3.63, 3.8) is 0 Å². The number of pyridine rings is 2. The number of amides is 1. The first kappa shape index (κ1) is 18.8. The van der Waals surface area contributed by atoms with E-state index >= 15 is 0 Å². The molecule has 4 rings (SSSR count). The lowest BCUT2D eigenvalue weighted by molar-refractivity contribution is -0.140. The molecule has 1 fully saturated rings. The monoisotopic (exact) mass is 405 g/mol. The lowest BCUT2D eigenvalue weighted by atomic mass is 9.96. The van der Waals surface area contributed by atoms with Crippen molar-refractivity contribution in [1.29, 1.82) is 0 Å². The molecule has 1 atom stereocenters. The maximum Gasteiger partial charge on any atom is 0.295 e. The normalized spacial score (nSPS) is 18.2. The van der Waals surface area contributed by atoms with E-state index in [1.165, 1.54) is 4.90 Å². The van der Waals surface area contributed by atoms with Gasteiger partial charge in [-0.1, -0.05) is 17.7 Å². The number of nitrogens with zero attached hydrogens (tertiary/aromatic N) is 3. The number of carbonyl (C=O) groups excluding carboxylic acids is 2. The summed E-state index contributed by atoms with van der Waals surface area (Å²) in [6.07, 6.45) is 6.45. The second-order valence-corrected chi connectivity index (χ2v) is 7.01. The Morgan fingerprint density at radius 2 is 1.72 bits per heavy atom. The zero-order valence-corrected chi connectivity index (χ0v) is 16.0. The molecular formula is C22H16ClN3O3. The highest BCUT2D eigenvalue weighted by molar-refractivity contribution is 6.46. The van der Waals surface area contributed by atoms with Gasteiger partial charge in [0.1, 0.15) is 5.76 Å². The van der Waals surface area contributed by atoms with Crippen molar-refractivity contribution in [3.05, 3.63) is 101 Å². The van der Waals surface area contributed by atoms with Gasteiger partial charge in [0.2, 0.25) is 0 Å². The van der Waals surface area contributed by atoms with Crippen LogP contribution in [0.1, 0.15) is 22.7 Å². The van der Waals surface area contributed by atoms with Crippen LogP contribution in [0.4, 0.5) is 0 Å². The maximum absolute atomic E-state index is 12.9. The molecule has 0 unspecified atom stereocenters. The molecule has 6 nitrogen and oxygen atoms in total. The number of rotatable bonds is 4. The van der Waals surface area contributed by atoms with E-state index < -0.39 is 17.7 Å². The fourth-order valence-corrected chi connectivity index (χ4v) is 3.51. The third kappa shape index (κ3) is 3.62. The van der Waals surface area contributed by atoms with Gasteiger partial charge in [-0.25, -0.2) is 0 Å². The summed E-state index contributed by atoms with van der Waals surface area (Å²) in [5.41, 5.74) is 1.90. The largest absolute Gasteiger partial charge is 0.507 e. The van der Waals surface area contributed by atoms with Crippen LogP contribution >= 0.6 is 11.6 Å². The zero-order chi connectivity index (χ0) is 20.4. The van der Waals surface area contributed by atoms with E-state index in [0.717, 1.165) is 5.56 Å². The number of Topliss-reactive ketones (excluding diaryl/α,β-unsaturated/α-hetero) is 1. The molecule has 1 N–H and O–H groups in total. The van der Waals surface area contributed by atoms with Crippen molar-refractivity contribution in [2.24, 2.45) is 0 Å². The summed E-state index contributed by atoms with van der Waals surface area (Å²) in [5, 5.41) is 11.4. The van der Waals surface area contributed by atoms with Crippen molar-refractivity contribution in [2.75, 3.05) is 0 Å². The molecule has 0 spiro atoms. The van der Waals surface area contributed by atoms with Crippen LogP contribution in [0.15, 0.2) is 78.9 Å². The molecule has 0 bridgehead atoms. The molecule has 1 aromatic carbocycles. The molecule has 3 aromatic rings. The summed E-state index contributed by atoms with van der Waals surface area (Å²) in [6, 6.07) is 12.7. The second kappa shape index (κ2) is 7.85. The standard InChI is InChI=1S/C22H16ClN3O3/c23-17-5-3-16(4-6-17)20(27)18-19(15-7-10-24-11-8-15)26(22(29)21(18)28)13-14-2-1-9-25-12-14/h1-12,19,27H,13H2/t19-/m0/s1. The molecule has 3 heterocycles. The second-order valence-electron chi connectivity index (χ2n) is 6.58. The first-order valence-corrected chi connectivity index (χ1v) is 9.27. The molecule has 0 saturated carbocycles. The molecule has 2 aromatic heterocycles. The number of aromatic nitrogens is 2. The number of carbonyl (C=O) groups is 2. The van der Waals surface area contributed by atoms with Gasteiger partial charge in [0.15, 0.2) is 0 Å². The van der Waals surface area contributed by atoms with Gasteiger partial charge >= 0.3 is 0 Å². The molecule has 144 valence electrons. The fourth-order valence-electron chi connectivity index (χ4n) is 3.39. The zero-order valence-electron chi connectivity index (χ0n) is 15.2. The summed E-state index contributed by atoms with van der Waals surface area (Å²) in [7, 11) is 0. The van der Waals surface area contributed by atoms with E-state index in [1.54, 1.807) is 67.3 Å². The number of aliphatic hydroxyl groups excluding tert-OH is 1. The Labute approximate surface area is 172 Å². The van der Waals surface area contributed by atoms with E-state index in [9.17, 15) is 14.7 Å². The van der Waals surface area contributed by atoms with Crippen molar-refractivity contribution >= 4 is 29.1 Å². The quantitative estimate of drug-likeness (QED) is 0.406. The van der Waals surface area contributed by atoms with Crippen LogP contribution in [0, 0.1) is 0 Å². The van der Waals surface area contributed by atoms with Crippen LogP contribution < -0.4 is 0 Å². The minimum Gasteiger partial charge on any atom is -0.507 e. The predicted molar refractivity (Wildman–Crippen MR) is 108 cm³/mol. The van der Waals surface area contributed by atoms with Crippen molar-refractivity contribution in [2.45, 2.75) is 12.6 Å². The van der Waals surface area contributed by atoms with Crippen molar-refractivity contribution in [1.82, 2.24) is 14.9 Å².